The molecule has 0 aromatic heterocycles. The molecule has 114 valence electrons. The van der Waals surface area contributed by atoms with Crippen LogP contribution in [0.1, 0.15) is 22.3 Å². The molecule has 0 aliphatic carbocycles. The van der Waals surface area contributed by atoms with Gasteiger partial charge in [-0.3, -0.25) is 4.79 Å². The van der Waals surface area contributed by atoms with Crippen molar-refractivity contribution < 1.29 is 4.79 Å². The van der Waals surface area contributed by atoms with Crippen LogP contribution in [0.5, 0.6) is 0 Å². The van der Waals surface area contributed by atoms with Crippen LogP contribution in [-0.4, -0.2) is 11.9 Å². The van der Waals surface area contributed by atoms with Gasteiger partial charge < -0.3 is 16.4 Å². The number of hydrogen-bond donors (Lipinski definition) is 3. The van der Waals surface area contributed by atoms with Gasteiger partial charge in [-0.1, -0.05) is 48.5 Å². The summed E-state index contributed by atoms with van der Waals surface area (Å²) >= 11 is 0. The van der Waals surface area contributed by atoms with Gasteiger partial charge in [0.1, 0.15) is 0 Å². The molecule has 0 saturated heterocycles. The monoisotopic (exact) mass is 295 g/mol. The van der Waals surface area contributed by atoms with Crippen molar-refractivity contribution in [2.75, 3.05) is 0 Å². The summed E-state index contributed by atoms with van der Waals surface area (Å²) in [6.45, 7) is 2.36. The van der Waals surface area contributed by atoms with Gasteiger partial charge in [-0.05, 0) is 28.7 Å². The fourth-order valence-electron chi connectivity index (χ4n) is 2.74. The molecular formula is C18H21N3O. The number of nitrogens with two attached hydrogens (primary N) is 1. The Morgan fingerprint density at radius 1 is 1.09 bits per heavy atom. The summed E-state index contributed by atoms with van der Waals surface area (Å²) in [5, 5.41) is 6.24. The number of carbonyl (C=O) groups is 1. The normalized spacial score (nSPS) is 14.4. The molecule has 0 fully saturated rings. The quantitative estimate of drug-likeness (QED) is 0.782. The van der Waals surface area contributed by atoms with Crippen LogP contribution in [0.15, 0.2) is 48.5 Å². The van der Waals surface area contributed by atoms with E-state index in [-0.39, 0.29) is 5.91 Å². The molecule has 0 radical (unpaired) electrons. The zero-order chi connectivity index (χ0) is 15.4. The first-order valence-corrected chi connectivity index (χ1v) is 7.61. The summed E-state index contributed by atoms with van der Waals surface area (Å²) in [5.41, 5.74) is 10.8. The minimum Gasteiger partial charge on any atom is -0.351 e. The lowest BCUT2D eigenvalue weighted by Crippen LogP contribution is -2.41. The molecule has 0 spiro atoms. The molecule has 1 atom stereocenters. The highest BCUT2D eigenvalue weighted by Gasteiger charge is 2.14. The Morgan fingerprint density at radius 3 is 2.68 bits per heavy atom. The van der Waals surface area contributed by atoms with Crippen LogP contribution in [-0.2, 0) is 30.8 Å². The molecule has 1 heterocycles. The number of nitrogens with one attached hydrogen (secondary N) is 2. The van der Waals surface area contributed by atoms with E-state index >= 15 is 0 Å². The van der Waals surface area contributed by atoms with Gasteiger partial charge in [-0.2, -0.15) is 0 Å². The van der Waals surface area contributed by atoms with Crippen LogP contribution >= 0.6 is 0 Å². The Morgan fingerprint density at radius 2 is 1.86 bits per heavy atom. The third-order valence-corrected chi connectivity index (χ3v) is 4.00. The summed E-state index contributed by atoms with van der Waals surface area (Å²) < 4.78 is 0. The molecule has 0 saturated carbocycles. The maximum absolute atomic E-state index is 12.1. The van der Waals surface area contributed by atoms with E-state index in [2.05, 4.69) is 28.8 Å². The van der Waals surface area contributed by atoms with Crippen molar-refractivity contribution >= 4 is 5.91 Å². The van der Waals surface area contributed by atoms with Crippen LogP contribution in [0.25, 0.3) is 0 Å². The summed E-state index contributed by atoms with van der Waals surface area (Å²) in [5.74, 6) is -0.109. The average molecular weight is 295 g/mol. The molecule has 1 aliphatic rings. The van der Waals surface area contributed by atoms with Crippen molar-refractivity contribution in [3.8, 4) is 0 Å². The van der Waals surface area contributed by atoms with E-state index in [1.807, 2.05) is 30.3 Å². The molecule has 1 aliphatic heterocycles. The number of hydrogen-bond acceptors (Lipinski definition) is 3. The Labute approximate surface area is 130 Å². The third-order valence-electron chi connectivity index (χ3n) is 4.00. The number of fused-ring (bicyclic) bond motifs is 1. The minimum absolute atomic E-state index is 0.109. The molecule has 4 N–H and O–H groups in total. The SMILES string of the molecule is NC(Cc1ccccc1)C(=O)NCc1ccc2c(c1)CNC2. The molecule has 3 rings (SSSR count). The predicted molar refractivity (Wildman–Crippen MR) is 87.0 cm³/mol. The van der Waals surface area contributed by atoms with Crippen molar-refractivity contribution in [1.29, 1.82) is 0 Å². The smallest absolute Gasteiger partial charge is 0.237 e. The second-order valence-corrected chi connectivity index (χ2v) is 5.72. The van der Waals surface area contributed by atoms with Gasteiger partial charge in [-0.15, -0.1) is 0 Å². The predicted octanol–water partition coefficient (Wildman–Crippen LogP) is 1.48. The number of benzene rings is 2. The largest absolute Gasteiger partial charge is 0.351 e. The molecule has 1 unspecified atom stereocenters. The van der Waals surface area contributed by atoms with E-state index in [9.17, 15) is 4.79 Å². The average Bonchev–Trinajstić information content (AvgIpc) is 3.01. The van der Waals surface area contributed by atoms with Crippen LogP contribution in [0.3, 0.4) is 0 Å². The van der Waals surface area contributed by atoms with Crippen LogP contribution in [0.2, 0.25) is 0 Å². The second kappa shape index (κ2) is 6.73. The fourth-order valence-corrected chi connectivity index (χ4v) is 2.74. The molecular weight excluding hydrogens is 274 g/mol. The highest BCUT2D eigenvalue weighted by molar-refractivity contribution is 5.81. The molecule has 0 bridgehead atoms. The Balaban J connectivity index is 1.53. The molecule has 2 aromatic carbocycles. The van der Waals surface area contributed by atoms with Gasteiger partial charge in [0.25, 0.3) is 0 Å². The molecule has 1 amide bonds. The van der Waals surface area contributed by atoms with Crippen LogP contribution in [0, 0.1) is 0 Å². The van der Waals surface area contributed by atoms with Crippen molar-refractivity contribution in [2.45, 2.75) is 32.1 Å². The van der Waals surface area contributed by atoms with Crippen LogP contribution in [0.4, 0.5) is 0 Å². The standard InChI is InChI=1S/C18H21N3O/c19-17(9-13-4-2-1-3-5-13)18(22)21-10-14-6-7-15-11-20-12-16(15)8-14/h1-8,17,20H,9-12,19H2,(H,21,22). The topological polar surface area (TPSA) is 67.2 Å². The highest BCUT2D eigenvalue weighted by Crippen LogP contribution is 2.16. The maximum atomic E-state index is 12.1. The van der Waals surface area contributed by atoms with E-state index in [4.69, 9.17) is 5.73 Å². The maximum Gasteiger partial charge on any atom is 0.237 e. The molecule has 2 aromatic rings. The van der Waals surface area contributed by atoms with Crippen molar-refractivity contribution in [3.63, 3.8) is 0 Å². The first-order chi connectivity index (χ1) is 10.7. The van der Waals surface area contributed by atoms with E-state index in [0.29, 0.717) is 13.0 Å². The second-order valence-electron chi connectivity index (χ2n) is 5.72. The lowest BCUT2D eigenvalue weighted by Gasteiger charge is -2.13. The fraction of sp³-hybridized carbons (Fsp3) is 0.278. The molecule has 4 heteroatoms. The summed E-state index contributed by atoms with van der Waals surface area (Å²) in [7, 11) is 0. The Bertz CT molecular complexity index is 655. The van der Waals surface area contributed by atoms with Gasteiger partial charge in [0.2, 0.25) is 5.91 Å². The van der Waals surface area contributed by atoms with E-state index in [1.165, 1.54) is 11.1 Å². The highest BCUT2D eigenvalue weighted by atomic mass is 16.2. The Kier molecular flexibility index (Phi) is 4.51. The third kappa shape index (κ3) is 3.53. The lowest BCUT2D eigenvalue weighted by molar-refractivity contribution is -0.122. The first kappa shape index (κ1) is 14.8. The summed E-state index contributed by atoms with van der Waals surface area (Å²) in [6.07, 6.45) is 0.556. The Hall–Kier alpha value is -2.17. The summed E-state index contributed by atoms with van der Waals surface area (Å²) in [4.78, 5) is 12.1. The van der Waals surface area contributed by atoms with Gasteiger partial charge in [-0.25, -0.2) is 0 Å². The van der Waals surface area contributed by atoms with E-state index in [1.54, 1.807) is 0 Å². The molecule has 22 heavy (non-hydrogen) atoms. The number of amides is 1. The van der Waals surface area contributed by atoms with E-state index in [0.717, 1.165) is 24.2 Å². The lowest BCUT2D eigenvalue weighted by atomic mass is 10.1. The zero-order valence-corrected chi connectivity index (χ0v) is 12.5. The van der Waals surface area contributed by atoms with Gasteiger partial charge in [0, 0.05) is 19.6 Å². The van der Waals surface area contributed by atoms with Gasteiger partial charge in [0.05, 0.1) is 6.04 Å². The van der Waals surface area contributed by atoms with Gasteiger partial charge >= 0.3 is 0 Å². The van der Waals surface area contributed by atoms with Crippen LogP contribution < -0.4 is 16.4 Å². The van der Waals surface area contributed by atoms with Crippen molar-refractivity contribution in [3.05, 3.63) is 70.8 Å². The van der Waals surface area contributed by atoms with Crippen molar-refractivity contribution in [2.24, 2.45) is 5.73 Å². The van der Waals surface area contributed by atoms with E-state index < -0.39 is 6.04 Å². The number of carbonyl (C=O) groups excluding carboxylic acids is 1. The zero-order valence-electron chi connectivity index (χ0n) is 12.5. The van der Waals surface area contributed by atoms with Gasteiger partial charge in [0.15, 0.2) is 0 Å². The van der Waals surface area contributed by atoms with Crippen molar-refractivity contribution in [1.82, 2.24) is 10.6 Å². The number of rotatable bonds is 5. The first-order valence-electron chi connectivity index (χ1n) is 7.61. The minimum atomic E-state index is -0.515. The summed E-state index contributed by atoms with van der Waals surface area (Å²) in [6, 6.07) is 15.7. The molecule has 4 nitrogen and oxygen atoms in total.